The van der Waals surface area contributed by atoms with Crippen LogP contribution in [0.4, 0.5) is 0 Å². The standard InChI is InChI=1S/C15H18BrNO3S/c1-8(2)14-17(11(7-21-14)15(19)20)13(18)10-6-4-5-9(3)12(10)16/h4-6,8,11,14H,7H2,1-3H3,(H,19,20). The van der Waals surface area contributed by atoms with Crippen LogP contribution in [0, 0.1) is 12.8 Å². The lowest BCUT2D eigenvalue weighted by atomic mass is 10.1. The molecular weight excluding hydrogens is 354 g/mol. The predicted molar refractivity (Wildman–Crippen MR) is 87.6 cm³/mol. The van der Waals surface area contributed by atoms with Crippen molar-refractivity contribution in [1.29, 1.82) is 0 Å². The van der Waals surface area contributed by atoms with Crippen molar-refractivity contribution in [3.63, 3.8) is 0 Å². The Morgan fingerprint density at radius 3 is 2.67 bits per heavy atom. The Hall–Kier alpha value is -1.01. The second-order valence-electron chi connectivity index (χ2n) is 5.47. The zero-order valence-electron chi connectivity index (χ0n) is 12.2. The molecule has 0 radical (unpaired) electrons. The number of amides is 1. The van der Waals surface area contributed by atoms with Crippen LogP contribution in [0.2, 0.25) is 0 Å². The summed E-state index contributed by atoms with van der Waals surface area (Å²) < 4.78 is 0.735. The van der Waals surface area contributed by atoms with E-state index in [0.717, 1.165) is 10.0 Å². The number of thioether (sulfide) groups is 1. The molecule has 2 unspecified atom stereocenters. The van der Waals surface area contributed by atoms with Gasteiger partial charge in [-0.25, -0.2) is 4.79 Å². The van der Waals surface area contributed by atoms with Gasteiger partial charge < -0.3 is 10.0 Å². The minimum atomic E-state index is -0.942. The maximum atomic E-state index is 12.9. The number of carbonyl (C=O) groups excluding carboxylic acids is 1. The zero-order chi connectivity index (χ0) is 15.7. The fourth-order valence-electron chi connectivity index (χ4n) is 2.44. The number of hydrogen-bond acceptors (Lipinski definition) is 3. The highest BCUT2D eigenvalue weighted by Crippen LogP contribution is 2.36. The van der Waals surface area contributed by atoms with Crippen LogP contribution in [0.3, 0.4) is 0 Å². The second kappa shape index (κ2) is 6.40. The Morgan fingerprint density at radius 2 is 2.10 bits per heavy atom. The van der Waals surface area contributed by atoms with E-state index in [1.165, 1.54) is 16.7 Å². The lowest BCUT2D eigenvalue weighted by molar-refractivity contribution is -0.141. The van der Waals surface area contributed by atoms with Crippen molar-refractivity contribution in [3.8, 4) is 0 Å². The van der Waals surface area contributed by atoms with Crippen molar-refractivity contribution in [2.45, 2.75) is 32.2 Å². The lowest BCUT2D eigenvalue weighted by Gasteiger charge is -2.30. The average molecular weight is 372 g/mol. The minimum Gasteiger partial charge on any atom is -0.480 e. The van der Waals surface area contributed by atoms with Crippen LogP contribution in [0.25, 0.3) is 0 Å². The van der Waals surface area contributed by atoms with Gasteiger partial charge in [0, 0.05) is 10.2 Å². The van der Waals surface area contributed by atoms with E-state index < -0.39 is 12.0 Å². The quantitative estimate of drug-likeness (QED) is 0.884. The molecule has 0 spiro atoms. The fourth-order valence-corrected chi connectivity index (χ4v) is 4.35. The molecule has 0 saturated carbocycles. The first kappa shape index (κ1) is 16.4. The average Bonchev–Trinajstić information content (AvgIpc) is 2.86. The molecule has 2 rings (SSSR count). The molecule has 0 aliphatic carbocycles. The van der Waals surface area contributed by atoms with E-state index in [9.17, 15) is 14.7 Å². The highest BCUT2D eigenvalue weighted by molar-refractivity contribution is 9.10. The van der Waals surface area contributed by atoms with Gasteiger partial charge in [-0.15, -0.1) is 11.8 Å². The molecule has 1 N–H and O–H groups in total. The number of rotatable bonds is 3. The summed E-state index contributed by atoms with van der Waals surface area (Å²) in [5.74, 6) is -0.524. The van der Waals surface area contributed by atoms with Gasteiger partial charge in [0.2, 0.25) is 0 Å². The summed E-state index contributed by atoms with van der Waals surface area (Å²) in [4.78, 5) is 25.8. The molecule has 21 heavy (non-hydrogen) atoms. The minimum absolute atomic E-state index is 0.106. The monoisotopic (exact) mass is 371 g/mol. The van der Waals surface area contributed by atoms with Gasteiger partial charge in [0.15, 0.2) is 0 Å². The van der Waals surface area contributed by atoms with Crippen LogP contribution in [0.15, 0.2) is 22.7 Å². The number of aliphatic carboxylic acids is 1. The third-order valence-electron chi connectivity index (χ3n) is 3.55. The van der Waals surface area contributed by atoms with Crippen LogP contribution in [-0.4, -0.2) is 39.1 Å². The van der Waals surface area contributed by atoms with E-state index in [-0.39, 0.29) is 17.2 Å². The van der Waals surface area contributed by atoms with Crippen molar-refractivity contribution in [2.75, 3.05) is 5.75 Å². The topological polar surface area (TPSA) is 57.6 Å². The smallest absolute Gasteiger partial charge is 0.327 e. The third kappa shape index (κ3) is 3.11. The zero-order valence-corrected chi connectivity index (χ0v) is 14.6. The Balaban J connectivity index is 2.42. The van der Waals surface area contributed by atoms with Crippen LogP contribution in [0.1, 0.15) is 29.8 Å². The summed E-state index contributed by atoms with van der Waals surface area (Å²) in [5.41, 5.74) is 1.48. The summed E-state index contributed by atoms with van der Waals surface area (Å²) in [5, 5.41) is 9.28. The maximum Gasteiger partial charge on any atom is 0.327 e. The largest absolute Gasteiger partial charge is 0.480 e. The van der Waals surface area contributed by atoms with Crippen molar-refractivity contribution in [2.24, 2.45) is 5.92 Å². The fraction of sp³-hybridized carbons (Fsp3) is 0.467. The Labute approximate surface area is 137 Å². The highest BCUT2D eigenvalue weighted by Gasteiger charge is 2.43. The molecule has 1 aromatic rings. The molecule has 2 atom stereocenters. The van der Waals surface area contributed by atoms with E-state index in [2.05, 4.69) is 15.9 Å². The van der Waals surface area contributed by atoms with Gasteiger partial charge in [-0.1, -0.05) is 26.0 Å². The van der Waals surface area contributed by atoms with Crippen molar-refractivity contribution >= 4 is 39.6 Å². The molecular formula is C15H18BrNO3S. The molecule has 4 nitrogen and oxygen atoms in total. The van der Waals surface area contributed by atoms with Gasteiger partial charge in [0.1, 0.15) is 6.04 Å². The lowest BCUT2D eigenvalue weighted by Crippen LogP contribution is -2.47. The van der Waals surface area contributed by atoms with Crippen molar-refractivity contribution < 1.29 is 14.7 Å². The van der Waals surface area contributed by atoms with E-state index in [1.807, 2.05) is 32.9 Å². The third-order valence-corrected chi connectivity index (χ3v) is 6.22. The first-order chi connectivity index (χ1) is 9.84. The van der Waals surface area contributed by atoms with Gasteiger partial charge in [-0.05, 0) is 40.4 Å². The van der Waals surface area contributed by atoms with Crippen LogP contribution < -0.4 is 0 Å². The molecule has 1 aromatic carbocycles. The SMILES string of the molecule is Cc1cccc(C(=O)N2C(C(=O)O)CSC2C(C)C)c1Br. The number of carboxylic acid groups (broad SMARTS) is 1. The molecule has 6 heteroatoms. The number of benzene rings is 1. The Kier molecular flexibility index (Phi) is 4.99. The molecule has 1 aliphatic heterocycles. The van der Waals surface area contributed by atoms with Gasteiger partial charge in [-0.3, -0.25) is 4.79 Å². The van der Waals surface area contributed by atoms with Gasteiger partial charge >= 0.3 is 5.97 Å². The molecule has 1 aliphatic rings. The predicted octanol–water partition coefficient (Wildman–Crippen LogP) is 3.38. The van der Waals surface area contributed by atoms with Crippen LogP contribution in [-0.2, 0) is 4.79 Å². The van der Waals surface area contributed by atoms with Crippen molar-refractivity contribution in [1.82, 2.24) is 4.90 Å². The van der Waals surface area contributed by atoms with E-state index >= 15 is 0 Å². The van der Waals surface area contributed by atoms with Crippen LogP contribution in [0.5, 0.6) is 0 Å². The Morgan fingerprint density at radius 1 is 1.43 bits per heavy atom. The number of carbonyl (C=O) groups is 2. The number of carboxylic acids is 1. The summed E-state index contributed by atoms with van der Waals surface area (Å²) in [6, 6.07) is 4.70. The highest BCUT2D eigenvalue weighted by atomic mass is 79.9. The van der Waals surface area contributed by atoms with E-state index in [1.54, 1.807) is 6.07 Å². The first-order valence-corrected chi connectivity index (χ1v) is 8.61. The molecule has 114 valence electrons. The number of nitrogens with zero attached hydrogens (tertiary/aromatic N) is 1. The van der Waals surface area contributed by atoms with Gasteiger partial charge in [0.05, 0.1) is 10.9 Å². The molecule has 0 bridgehead atoms. The maximum absolute atomic E-state index is 12.9. The normalized spacial score (nSPS) is 21.9. The molecule has 1 heterocycles. The number of aryl methyl sites for hydroxylation is 1. The second-order valence-corrected chi connectivity index (χ2v) is 7.41. The molecule has 1 amide bonds. The van der Waals surface area contributed by atoms with E-state index in [4.69, 9.17) is 0 Å². The number of halogens is 1. The van der Waals surface area contributed by atoms with Gasteiger partial charge in [0.25, 0.3) is 5.91 Å². The summed E-state index contributed by atoms with van der Waals surface area (Å²) in [6.07, 6.45) is 0. The first-order valence-electron chi connectivity index (χ1n) is 6.76. The van der Waals surface area contributed by atoms with Gasteiger partial charge in [-0.2, -0.15) is 0 Å². The number of hydrogen-bond donors (Lipinski definition) is 1. The summed E-state index contributed by atoms with van der Waals surface area (Å²) >= 11 is 4.98. The summed E-state index contributed by atoms with van der Waals surface area (Å²) in [7, 11) is 0. The molecule has 1 saturated heterocycles. The van der Waals surface area contributed by atoms with E-state index in [0.29, 0.717) is 11.3 Å². The Bertz CT molecular complexity index is 576. The van der Waals surface area contributed by atoms with Crippen LogP contribution >= 0.6 is 27.7 Å². The molecule has 0 aromatic heterocycles. The van der Waals surface area contributed by atoms with Crippen molar-refractivity contribution in [3.05, 3.63) is 33.8 Å². The molecule has 1 fully saturated rings. The summed E-state index contributed by atoms with van der Waals surface area (Å²) in [6.45, 7) is 5.93.